The average Bonchev–Trinajstić information content (AvgIpc) is 3.14. The molecule has 0 amide bonds. The minimum atomic E-state index is -0.398. The second-order valence-electron chi connectivity index (χ2n) is 4.85. The molecule has 24 heavy (non-hydrogen) atoms. The van der Waals surface area contributed by atoms with Gasteiger partial charge in [0, 0.05) is 0 Å². The highest BCUT2D eigenvalue weighted by atomic mass is 79.9. The molecule has 0 aliphatic carbocycles. The summed E-state index contributed by atoms with van der Waals surface area (Å²) < 4.78 is 12.8. The zero-order valence-corrected chi connectivity index (χ0v) is 14.3. The van der Waals surface area contributed by atoms with Crippen LogP contribution in [0.5, 0.6) is 5.75 Å². The smallest absolute Gasteiger partial charge is 0.338 e. The van der Waals surface area contributed by atoms with Crippen LogP contribution in [0, 0.1) is 0 Å². The van der Waals surface area contributed by atoms with Gasteiger partial charge < -0.3 is 9.47 Å². The summed E-state index contributed by atoms with van der Waals surface area (Å²) in [5.41, 5.74) is 2.08. The Balaban J connectivity index is 1.63. The van der Waals surface area contributed by atoms with Gasteiger partial charge in [-0.3, -0.25) is 0 Å². The maximum Gasteiger partial charge on any atom is 0.338 e. The molecular weight excluding hydrogens is 376 g/mol. The molecule has 0 aliphatic rings. The highest BCUT2D eigenvalue weighted by molar-refractivity contribution is 9.10. The van der Waals surface area contributed by atoms with Crippen molar-refractivity contribution in [3.05, 3.63) is 64.4 Å². The zero-order chi connectivity index (χ0) is 16.9. The molecule has 0 bridgehead atoms. The Labute approximate surface area is 146 Å². The summed E-state index contributed by atoms with van der Waals surface area (Å²) in [6.45, 7) is 0.177. The first-order valence-corrected chi connectivity index (χ1v) is 7.79. The minimum Gasteiger partial charge on any atom is -0.496 e. The van der Waals surface area contributed by atoms with Crippen LogP contribution in [-0.4, -0.2) is 33.3 Å². The van der Waals surface area contributed by atoms with Crippen molar-refractivity contribution in [3.8, 4) is 11.4 Å². The number of methoxy groups -OCH3 is 1. The van der Waals surface area contributed by atoms with Crippen LogP contribution in [0.4, 0.5) is 0 Å². The van der Waals surface area contributed by atoms with Gasteiger partial charge in [0.25, 0.3) is 0 Å². The van der Waals surface area contributed by atoms with Crippen LogP contribution in [0.15, 0.2) is 53.3 Å². The summed E-state index contributed by atoms with van der Waals surface area (Å²) in [6, 6.07) is 12.3. The van der Waals surface area contributed by atoms with Crippen molar-refractivity contribution in [2.45, 2.75) is 6.61 Å². The Morgan fingerprint density at radius 2 is 2.00 bits per heavy atom. The normalized spacial score (nSPS) is 10.4. The highest BCUT2D eigenvalue weighted by Crippen LogP contribution is 2.25. The van der Waals surface area contributed by atoms with Gasteiger partial charge in [-0.05, 0) is 68.3 Å². The maximum absolute atomic E-state index is 12.1. The molecule has 0 spiro atoms. The second kappa shape index (κ2) is 7.22. The summed E-state index contributed by atoms with van der Waals surface area (Å²) in [5, 5.41) is 10.9. The third kappa shape index (κ3) is 3.60. The van der Waals surface area contributed by atoms with Gasteiger partial charge >= 0.3 is 5.97 Å². The van der Waals surface area contributed by atoms with Crippen LogP contribution < -0.4 is 4.74 Å². The lowest BCUT2D eigenvalue weighted by molar-refractivity contribution is 0.0472. The molecule has 3 aromatic rings. The van der Waals surface area contributed by atoms with E-state index in [2.05, 4.69) is 31.5 Å². The Hall–Kier alpha value is -2.74. The van der Waals surface area contributed by atoms with Crippen molar-refractivity contribution in [2.75, 3.05) is 7.11 Å². The van der Waals surface area contributed by atoms with Crippen molar-refractivity contribution in [3.63, 3.8) is 0 Å². The lowest BCUT2D eigenvalue weighted by Gasteiger charge is -2.08. The molecule has 0 atom stereocenters. The van der Waals surface area contributed by atoms with Crippen molar-refractivity contribution in [2.24, 2.45) is 0 Å². The van der Waals surface area contributed by atoms with E-state index in [0.29, 0.717) is 5.56 Å². The summed E-state index contributed by atoms with van der Waals surface area (Å²) in [6.07, 6.45) is 1.48. The van der Waals surface area contributed by atoms with Gasteiger partial charge in [-0.1, -0.05) is 6.07 Å². The van der Waals surface area contributed by atoms with E-state index in [1.165, 1.54) is 11.0 Å². The quantitative estimate of drug-likeness (QED) is 0.625. The molecule has 1 heterocycles. The van der Waals surface area contributed by atoms with Crippen LogP contribution in [0.25, 0.3) is 5.69 Å². The van der Waals surface area contributed by atoms with Gasteiger partial charge in [0.05, 0.1) is 22.8 Å². The SMILES string of the molecule is COc1ccc(COC(=O)c2ccc(-n3cnnn3)cc2)cc1Br. The van der Waals surface area contributed by atoms with E-state index in [-0.39, 0.29) is 6.61 Å². The molecule has 0 saturated carbocycles. The van der Waals surface area contributed by atoms with Gasteiger partial charge in [-0.2, -0.15) is 0 Å². The number of halogens is 1. The largest absolute Gasteiger partial charge is 0.496 e. The standard InChI is InChI=1S/C16H13BrN4O3/c1-23-15-7-2-11(8-14(15)17)9-24-16(22)12-3-5-13(6-4-12)21-10-18-19-20-21/h2-8,10H,9H2,1H3. The fraction of sp³-hybridized carbons (Fsp3) is 0.125. The number of carbonyl (C=O) groups is 1. The molecule has 0 radical (unpaired) electrons. The zero-order valence-electron chi connectivity index (χ0n) is 12.7. The number of rotatable bonds is 5. The van der Waals surface area contributed by atoms with Crippen LogP contribution in [0.1, 0.15) is 15.9 Å². The topological polar surface area (TPSA) is 79.1 Å². The number of ether oxygens (including phenoxy) is 2. The predicted octanol–water partition coefficient (Wildman–Crippen LogP) is 2.79. The monoisotopic (exact) mass is 388 g/mol. The Morgan fingerprint density at radius 1 is 1.21 bits per heavy atom. The van der Waals surface area contributed by atoms with E-state index in [0.717, 1.165) is 21.5 Å². The van der Waals surface area contributed by atoms with E-state index in [1.54, 1.807) is 31.4 Å². The second-order valence-corrected chi connectivity index (χ2v) is 5.70. The van der Waals surface area contributed by atoms with Crippen LogP contribution in [-0.2, 0) is 11.3 Å². The Kier molecular flexibility index (Phi) is 4.85. The van der Waals surface area contributed by atoms with Gasteiger partial charge in [-0.25, -0.2) is 9.48 Å². The lowest BCUT2D eigenvalue weighted by Crippen LogP contribution is -2.06. The highest BCUT2D eigenvalue weighted by Gasteiger charge is 2.09. The molecule has 0 fully saturated rings. The molecule has 122 valence electrons. The molecule has 8 heteroatoms. The van der Waals surface area contributed by atoms with E-state index in [9.17, 15) is 4.79 Å². The van der Waals surface area contributed by atoms with Crippen LogP contribution in [0.2, 0.25) is 0 Å². The number of hydrogen-bond acceptors (Lipinski definition) is 6. The number of carbonyl (C=O) groups excluding carboxylic acids is 1. The Morgan fingerprint density at radius 3 is 2.62 bits per heavy atom. The number of esters is 1. The van der Waals surface area contributed by atoms with Crippen molar-refractivity contribution >= 4 is 21.9 Å². The fourth-order valence-electron chi connectivity index (χ4n) is 2.06. The van der Waals surface area contributed by atoms with Gasteiger partial charge in [0.2, 0.25) is 0 Å². The third-order valence-electron chi connectivity index (χ3n) is 3.30. The lowest BCUT2D eigenvalue weighted by atomic mass is 10.2. The molecule has 0 aliphatic heterocycles. The first-order valence-electron chi connectivity index (χ1n) is 7.00. The minimum absolute atomic E-state index is 0.177. The third-order valence-corrected chi connectivity index (χ3v) is 3.92. The first-order chi connectivity index (χ1) is 11.7. The van der Waals surface area contributed by atoms with E-state index < -0.39 is 5.97 Å². The number of nitrogens with zero attached hydrogens (tertiary/aromatic N) is 4. The Bertz CT molecular complexity index is 835. The van der Waals surface area contributed by atoms with E-state index in [1.807, 2.05) is 18.2 Å². The average molecular weight is 389 g/mol. The van der Waals surface area contributed by atoms with Crippen LogP contribution in [0.3, 0.4) is 0 Å². The van der Waals surface area contributed by atoms with Crippen LogP contribution >= 0.6 is 15.9 Å². The first kappa shape index (κ1) is 16.1. The molecule has 1 aromatic heterocycles. The summed E-state index contributed by atoms with van der Waals surface area (Å²) in [5.74, 6) is 0.327. The summed E-state index contributed by atoms with van der Waals surface area (Å²) in [7, 11) is 1.60. The van der Waals surface area contributed by atoms with Gasteiger partial charge in [0.1, 0.15) is 18.7 Å². The predicted molar refractivity (Wildman–Crippen MR) is 89.0 cm³/mol. The van der Waals surface area contributed by atoms with Crippen molar-refractivity contribution in [1.29, 1.82) is 0 Å². The van der Waals surface area contributed by atoms with Crippen molar-refractivity contribution in [1.82, 2.24) is 20.2 Å². The molecule has 2 aromatic carbocycles. The molecule has 3 rings (SSSR count). The molecule has 7 nitrogen and oxygen atoms in total. The summed E-state index contributed by atoms with van der Waals surface area (Å²) >= 11 is 3.40. The number of tetrazole rings is 1. The van der Waals surface area contributed by atoms with Gasteiger partial charge in [-0.15, -0.1) is 5.10 Å². The fourth-order valence-corrected chi connectivity index (χ4v) is 2.65. The maximum atomic E-state index is 12.1. The summed E-state index contributed by atoms with van der Waals surface area (Å²) in [4.78, 5) is 12.1. The molecular formula is C16H13BrN4O3. The molecule has 0 N–H and O–H groups in total. The number of aromatic nitrogens is 4. The molecule has 0 unspecified atom stereocenters. The number of benzene rings is 2. The molecule has 0 saturated heterocycles. The van der Waals surface area contributed by atoms with E-state index >= 15 is 0 Å². The van der Waals surface area contributed by atoms with Gasteiger partial charge in [0.15, 0.2) is 0 Å². The van der Waals surface area contributed by atoms with Crippen molar-refractivity contribution < 1.29 is 14.3 Å². The van der Waals surface area contributed by atoms with E-state index in [4.69, 9.17) is 9.47 Å². The number of hydrogen-bond donors (Lipinski definition) is 0.